The Labute approximate surface area is 118 Å². The van der Waals surface area contributed by atoms with Crippen molar-refractivity contribution in [3.8, 4) is 0 Å². The third kappa shape index (κ3) is 1.98. The zero-order valence-electron chi connectivity index (χ0n) is 11.7. The fraction of sp³-hybridized carbons (Fsp3) is 0.167. The first kappa shape index (κ1) is 12.8. The van der Waals surface area contributed by atoms with E-state index < -0.39 is 5.60 Å². The molecule has 0 aliphatic carbocycles. The molecule has 0 saturated carbocycles. The quantitative estimate of drug-likeness (QED) is 0.763. The highest BCUT2D eigenvalue weighted by molar-refractivity contribution is 5.83. The summed E-state index contributed by atoms with van der Waals surface area (Å²) in [4.78, 5) is 4.36. The predicted octanol–water partition coefficient (Wildman–Crippen LogP) is 3.80. The molecule has 1 heterocycles. The van der Waals surface area contributed by atoms with Crippen LogP contribution in [0, 0.1) is 6.92 Å². The summed E-state index contributed by atoms with van der Waals surface area (Å²) in [7, 11) is 0. The van der Waals surface area contributed by atoms with E-state index in [2.05, 4.69) is 4.98 Å². The summed E-state index contributed by atoms with van der Waals surface area (Å²) in [6.45, 7) is 3.87. The minimum Gasteiger partial charge on any atom is -0.381 e. The lowest BCUT2D eigenvalue weighted by atomic mass is 9.84. The number of hydrogen-bond acceptors (Lipinski definition) is 2. The van der Waals surface area contributed by atoms with Crippen LogP contribution in [-0.4, -0.2) is 10.1 Å². The summed E-state index contributed by atoms with van der Waals surface area (Å²) in [6.07, 6.45) is 1.77. The van der Waals surface area contributed by atoms with Crippen LogP contribution >= 0.6 is 0 Å². The van der Waals surface area contributed by atoms with Gasteiger partial charge in [-0.3, -0.25) is 4.98 Å². The van der Waals surface area contributed by atoms with Gasteiger partial charge in [0, 0.05) is 11.6 Å². The van der Waals surface area contributed by atoms with Gasteiger partial charge in [0.15, 0.2) is 0 Å². The van der Waals surface area contributed by atoms with Crippen LogP contribution in [-0.2, 0) is 5.60 Å². The van der Waals surface area contributed by atoms with E-state index in [0.717, 1.165) is 27.6 Å². The molecule has 2 nitrogen and oxygen atoms in total. The SMILES string of the molecule is Cc1ccccc1C(C)(O)c1cccc2ncccc12. The van der Waals surface area contributed by atoms with Crippen LogP contribution in [0.15, 0.2) is 60.8 Å². The predicted molar refractivity (Wildman–Crippen MR) is 81.6 cm³/mol. The summed E-state index contributed by atoms with van der Waals surface area (Å²) < 4.78 is 0. The monoisotopic (exact) mass is 263 g/mol. The van der Waals surface area contributed by atoms with Gasteiger partial charge in [-0.05, 0) is 42.7 Å². The number of rotatable bonds is 2. The van der Waals surface area contributed by atoms with E-state index in [0.29, 0.717) is 0 Å². The Bertz CT molecular complexity index is 757. The Kier molecular flexibility index (Phi) is 3.03. The van der Waals surface area contributed by atoms with Crippen LogP contribution in [0.25, 0.3) is 10.9 Å². The topological polar surface area (TPSA) is 33.1 Å². The normalized spacial score (nSPS) is 14.2. The Balaban J connectivity index is 2.27. The van der Waals surface area contributed by atoms with Gasteiger partial charge in [0.1, 0.15) is 5.60 Å². The molecule has 0 radical (unpaired) electrons. The third-order valence-electron chi connectivity index (χ3n) is 3.84. The van der Waals surface area contributed by atoms with Crippen LogP contribution in [0.1, 0.15) is 23.6 Å². The van der Waals surface area contributed by atoms with E-state index in [1.165, 1.54) is 0 Å². The second kappa shape index (κ2) is 4.73. The number of pyridine rings is 1. The van der Waals surface area contributed by atoms with Crippen molar-refractivity contribution >= 4 is 10.9 Å². The van der Waals surface area contributed by atoms with Crippen molar-refractivity contribution in [1.82, 2.24) is 4.98 Å². The number of aromatic nitrogens is 1. The van der Waals surface area contributed by atoms with Gasteiger partial charge in [-0.25, -0.2) is 0 Å². The van der Waals surface area contributed by atoms with Crippen LogP contribution in [0.4, 0.5) is 0 Å². The van der Waals surface area contributed by atoms with Gasteiger partial charge >= 0.3 is 0 Å². The Morgan fingerprint density at radius 1 is 0.900 bits per heavy atom. The van der Waals surface area contributed by atoms with Crippen molar-refractivity contribution in [2.75, 3.05) is 0 Å². The fourth-order valence-corrected chi connectivity index (χ4v) is 2.79. The number of aliphatic hydroxyl groups is 1. The maximum Gasteiger partial charge on any atom is 0.113 e. The third-order valence-corrected chi connectivity index (χ3v) is 3.84. The van der Waals surface area contributed by atoms with Crippen molar-refractivity contribution < 1.29 is 5.11 Å². The molecule has 1 aromatic heterocycles. The zero-order chi connectivity index (χ0) is 14.2. The second-order valence-corrected chi connectivity index (χ2v) is 5.26. The van der Waals surface area contributed by atoms with Crippen LogP contribution in [0.5, 0.6) is 0 Å². The summed E-state index contributed by atoms with van der Waals surface area (Å²) in [6, 6.07) is 17.7. The van der Waals surface area contributed by atoms with Gasteiger partial charge in [-0.2, -0.15) is 0 Å². The van der Waals surface area contributed by atoms with Gasteiger partial charge in [0.25, 0.3) is 0 Å². The van der Waals surface area contributed by atoms with Gasteiger partial charge in [0.05, 0.1) is 5.52 Å². The summed E-state index contributed by atoms with van der Waals surface area (Å²) in [5.74, 6) is 0. The summed E-state index contributed by atoms with van der Waals surface area (Å²) in [5, 5.41) is 12.1. The molecule has 3 rings (SSSR count). The molecule has 1 atom stereocenters. The van der Waals surface area contributed by atoms with Crippen LogP contribution < -0.4 is 0 Å². The first-order chi connectivity index (χ1) is 9.60. The zero-order valence-corrected chi connectivity index (χ0v) is 11.7. The molecule has 20 heavy (non-hydrogen) atoms. The Hall–Kier alpha value is -2.19. The largest absolute Gasteiger partial charge is 0.381 e. The number of nitrogens with zero attached hydrogens (tertiary/aromatic N) is 1. The molecule has 2 aromatic carbocycles. The number of fused-ring (bicyclic) bond motifs is 1. The van der Waals surface area contributed by atoms with E-state index in [-0.39, 0.29) is 0 Å². The molecule has 0 fully saturated rings. The van der Waals surface area contributed by atoms with Crippen molar-refractivity contribution in [2.45, 2.75) is 19.4 Å². The minimum absolute atomic E-state index is 0.886. The maximum absolute atomic E-state index is 11.1. The standard InChI is InChI=1S/C18H17NO/c1-13-7-3-4-9-15(13)18(2,20)16-10-5-11-17-14(16)8-6-12-19-17/h3-12,20H,1-2H3. The highest BCUT2D eigenvalue weighted by Gasteiger charge is 2.28. The molecule has 1 unspecified atom stereocenters. The molecule has 0 aliphatic rings. The van der Waals surface area contributed by atoms with Crippen LogP contribution in [0.3, 0.4) is 0 Å². The first-order valence-electron chi connectivity index (χ1n) is 6.73. The molecule has 3 aromatic rings. The summed E-state index contributed by atoms with van der Waals surface area (Å²) in [5.41, 5.74) is 2.76. The summed E-state index contributed by atoms with van der Waals surface area (Å²) >= 11 is 0. The smallest absolute Gasteiger partial charge is 0.113 e. The van der Waals surface area contributed by atoms with E-state index >= 15 is 0 Å². The number of benzene rings is 2. The van der Waals surface area contributed by atoms with Crippen molar-refractivity contribution in [2.24, 2.45) is 0 Å². The number of hydrogen-bond donors (Lipinski definition) is 1. The molecular weight excluding hydrogens is 246 g/mol. The van der Waals surface area contributed by atoms with E-state index in [9.17, 15) is 5.11 Å². The fourth-order valence-electron chi connectivity index (χ4n) is 2.79. The molecule has 100 valence electrons. The molecule has 2 heteroatoms. The highest BCUT2D eigenvalue weighted by Crippen LogP contribution is 2.34. The molecule has 0 aliphatic heterocycles. The lowest BCUT2D eigenvalue weighted by Gasteiger charge is -2.27. The van der Waals surface area contributed by atoms with E-state index in [4.69, 9.17) is 0 Å². The molecule has 0 amide bonds. The van der Waals surface area contributed by atoms with Gasteiger partial charge in [0.2, 0.25) is 0 Å². The first-order valence-corrected chi connectivity index (χ1v) is 6.73. The van der Waals surface area contributed by atoms with Gasteiger partial charge in [-0.15, -0.1) is 0 Å². The lowest BCUT2D eigenvalue weighted by Crippen LogP contribution is -2.24. The van der Waals surface area contributed by atoms with Crippen molar-refractivity contribution in [1.29, 1.82) is 0 Å². The molecule has 0 saturated heterocycles. The Morgan fingerprint density at radius 2 is 1.65 bits per heavy atom. The van der Waals surface area contributed by atoms with Gasteiger partial charge in [-0.1, -0.05) is 42.5 Å². The molecule has 0 bridgehead atoms. The average Bonchev–Trinajstić information content (AvgIpc) is 2.47. The Morgan fingerprint density at radius 3 is 2.45 bits per heavy atom. The highest BCUT2D eigenvalue weighted by atomic mass is 16.3. The van der Waals surface area contributed by atoms with E-state index in [1.807, 2.05) is 68.4 Å². The van der Waals surface area contributed by atoms with Gasteiger partial charge < -0.3 is 5.11 Å². The minimum atomic E-state index is -1.03. The number of aryl methyl sites for hydroxylation is 1. The van der Waals surface area contributed by atoms with Crippen molar-refractivity contribution in [3.63, 3.8) is 0 Å². The maximum atomic E-state index is 11.1. The molecule has 0 spiro atoms. The lowest BCUT2D eigenvalue weighted by molar-refractivity contribution is 0.103. The molecular formula is C18H17NO. The van der Waals surface area contributed by atoms with Crippen LogP contribution in [0.2, 0.25) is 0 Å². The van der Waals surface area contributed by atoms with E-state index in [1.54, 1.807) is 6.20 Å². The van der Waals surface area contributed by atoms with Crippen molar-refractivity contribution in [3.05, 3.63) is 77.5 Å². The molecule has 1 N–H and O–H groups in total. The second-order valence-electron chi connectivity index (χ2n) is 5.26. The average molecular weight is 263 g/mol.